The van der Waals surface area contributed by atoms with E-state index >= 15 is 0 Å². The second-order valence-corrected chi connectivity index (χ2v) is 4.39. The summed E-state index contributed by atoms with van der Waals surface area (Å²) in [6.45, 7) is 1.42. The fourth-order valence-corrected chi connectivity index (χ4v) is 1.91. The molecular weight excluding hydrogens is 270 g/mol. The predicted molar refractivity (Wildman–Crippen MR) is 69.9 cm³/mol. The summed E-state index contributed by atoms with van der Waals surface area (Å²) in [6, 6.07) is 5.87. The van der Waals surface area contributed by atoms with Gasteiger partial charge in [-0.05, 0) is 33.6 Å². The summed E-state index contributed by atoms with van der Waals surface area (Å²) in [5.74, 6) is -0.180. The third kappa shape index (κ3) is 3.66. The fourth-order valence-electron chi connectivity index (χ4n) is 1.16. The van der Waals surface area contributed by atoms with E-state index in [1.807, 2.05) is 37.2 Å². The second-order valence-electron chi connectivity index (χ2n) is 3.53. The molecule has 86 valence electrons. The summed E-state index contributed by atoms with van der Waals surface area (Å²) >= 11 is 3.48. The number of halogens is 1. The van der Waals surface area contributed by atoms with Gasteiger partial charge in [-0.2, -0.15) is 5.10 Å². The zero-order chi connectivity index (χ0) is 12.1. The molecule has 1 amide bonds. The molecule has 1 N–H and O–H groups in total. The van der Waals surface area contributed by atoms with Crippen molar-refractivity contribution >= 4 is 33.7 Å². The number of amides is 1. The van der Waals surface area contributed by atoms with Crippen molar-refractivity contribution in [3.63, 3.8) is 0 Å². The number of carbonyl (C=O) groups is 1. The average Bonchev–Trinajstić information content (AvgIpc) is 2.16. The van der Waals surface area contributed by atoms with Crippen molar-refractivity contribution in [2.75, 3.05) is 19.0 Å². The maximum absolute atomic E-state index is 10.6. The lowest BCUT2D eigenvalue weighted by atomic mass is 10.2. The van der Waals surface area contributed by atoms with Crippen molar-refractivity contribution in [3.8, 4) is 0 Å². The van der Waals surface area contributed by atoms with E-state index in [0.29, 0.717) is 0 Å². The summed E-state index contributed by atoms with van der Waals surface area (Å²) < 4.78 is 0.990. The first kappa shape index (κ1) is 12.7. The predicted octanol–water partition coefficient (Wildman–Crippen LogP) is 1.99. The first-order valence-corrected chi connectivity index (χ1v) is 5.56. The van der Waals surface area contributed by atoms with Gasteiger partial charge in [0.2, 0.25) is 5.91 Å². The number of nitrogens with one attached hydrogen (secondary N) is 1. The number of benzene rings is 1. The number of anilines is 1. The van der Waals surface area contributed by atoms with Crippen LogP contribution in [-0.4, -0.2) is 26.2 Å². The number of rotatable bonds is 3. The third-order valence-electron chi connectivity index (χ3n) is 1.89. The number of nitrogens with zero attached hydrogens (tertiary/aromatic N) is 2. The van der Waals surface area contributed by atoms with E-state index in [0.717, 1.165) is 15.7 Å². The molecule has 1 rings (SSSR count). The Kier molecular flexibility index (Phi) is 4.49. The van der Waals surface area contributed by atoms with Crippen molar-refractivity contribution in [1.29, 1.82) is 0 Å². The molecule has 0 unspecified atom stereocenters. The lowest BCUT2D eigenvalue weighted by molar-refractivity contribution is -0.118. The van der Waals surface area contributed by atoms with Crippen LogP contribution in [-0.2, 0) is 4.79 Å². The van der Waals surface area contributed by atoms with Gasteiger partial charge in [-0.15, -0.1) is 0 Å². The topological polar surface area (TPSA) is 44.7 Å². The van der Waals surface area contributed by atoms with Crippen LogP contribution in [0.3, 0.4) is 0 Å². The van der Waals surface area contributed by atoms with Crippen LogP contribution in [0.25, 0.3) is 0 Å². The van der Waals surface area contributed by atoms with Gasteiger partial charge in [0.25, 0.3) is 0 Å². The highest BCUT2D eigenvalue weighted by atomic mass is 79.9. The van der Waals surface area contributed by atoms with Crippen molar-refractivity contribution in [3.05, 3.63) is 28.2 Å². The average molecular weight is 284 g/mol. The summed E-state index contributed by atoms with van der Waals surface area (Å²) in [5.41, 5.74) is 4.37. The van der Waals surface area contributed by atoms with Gasteiger partial charge in [0, 0.05) is 25.5 Å². The Morgan fingerprint density at radius 1 is 1.50 bits per heavy atom. The minimum absolute atomic E-state index is 0.180. The van der Waals surface area contributed by atoms with Gasteiger partial charge in [-0.3, -0.25) is 4.79 Å². The van der Waals surface area contributed by atoms with Crippen LogP contribution in [0.1, 0.15) is 12.5 Å². The molecule has 0 saturated heterocycles. The molecular formula is C11H14BrN3O. The van der Waals surface area contributed by atoms with E-state index in [1.54, 1.807) is 6.21 Å². The van der Waals surface area contributed by atoms with E-state index < -0.39 is 0 Å². The number of carbonyl (C=O) groups excluding carboxylic acids is 1. The standard InChI is InChI=1S/C11H14BrN3O/c1-8(16)14-13-7-9-4-5-11(15(2)3)10(12)6-9/h4-7H,1-3H3,(H,14,16). The monoisotopic (exact) mass is 283 g/mol. The van der Waals surface area contributed by atoms with E-state index in [9.17, 15) is 4.79 Å². The highest BCUT2D eigenvalue weighted by Gasteiger charge is 2.01. The van der Waals surface area contributed by atoms with Gasteiger partial charge in [-0.1, -0.05) is 6.07 Å². The summed E-state index contributed by atoms with van der Waals surface area (Å²) in [6.07, 6.45) is 1.60. The Balaban J connectivity index is 2.81. The first-order chi connectivity index (χ1) is 7.50. The molecule has 0 aliphatic heterocycles. The second kappa shape index (κ2) is 5.65. The summed E-state index contributed by atoms with van der Waals surface area (Å²) in [7, 11) is 3.95. The lowest BCUT2D eigenvalue weighted by Crippen LogP contribution is -2.12. The maximum atomic E-state index is 10.6. The normalized spacial score (nSPS) is 10.5. The molecule has 0 radical (unpaired) electrons. The molecule has 0 aromatic heterocycles. The van der Waals surface area contributed by atoms with Gasteiger partial charge < -0.3 is 4.90 Å². The van der Waals surface area contributed by atoms with Crippen LogP contribution in [0.15, 0.2) is 27.8 Å². The Hall–Kier alpha value is -1.36. The number of hydrazone groups is 1. The Morgan fingerprint density at radius 3 is 2.69 bits per heavy atom. The minimum Gasteiger partial charge on any atom is -0.377 e. The summed E-state index contributed by atoms with van der Waals surface area (Å²) in [4.78, 5) is 12.6. The molecule has 1 aromatic rings. The van der Waals surface area contributed by atoms with Gasteiger partial charge in [0.15, 0.2) is 0 Å². The molecule has 16 heavy (non-hydrogen) atoms. The van der Waals surface area contributed by atoms with E-state index in [-0.39, 0.29) is 5.91 Å². The van der Waals surface area contributed by atoms with Crippen molar-refractivity contribution in [1.82, 2.24) is 5.43 Å². The molecule has 0 heterocycles. The lowest BCUT2D eigenvalue weighted by Gasteiger charge is -2.14. The zero-order valence-corrected chi connectivity index (χ0v) is 11.1. The number of hydrogen-bond acceptors (Lipinski definition) is 3. The van der Waals surface area contributed by atoms with Crippen molar-refractivity contribution in [2.24, 2.45) is 5.10 Å². The van der Waals surface area contributed by atoms with Gasteiger partial charge in [0.05, 0.1) is 11.9 Å². The molecule has 0 aliphatic carbocycles. The molecule has 1 aromatic carbocycles. The molecule has 0 spiro atoms. The maximum Gasteiger partial charge on any atom is 0.236 e. The van der Waals surface area contributed by atoms with Crippen LogP contribution >= 0.6 is 15.9 Å². The smallest absolute Gasteiger partial charge is 0.236 e. The van der Waals surface area contributed by atoms with Gasteiger partial charge in [0.1, 0.15) is 0 Å². The molecule has 0 atom stereocenters. The van der Waals surface area contributed by atoms with Gasteiger partial charge in [-0.25, -0.2) is 5.43 Å². The van der Waals surface area contributed by atoms with Crippen LogP contribution in [0.2, 0.25) is 0 Å². The van der Waals surface area contributed by atoms with Crippen molar-refractivity contribution < 1.29 is 4.79 Å². The largest absolute Gasteiger partial charge is 0.377 e. The third-order valence-corrected chi connectivity index (χ3v) is 2.52. The minimum atomic E-state index is -0.180. The van der Waals surface area contributed by atoms with Crippen molar-refractivity contribution in [2.45, 2.75) is 6.92 Å². The highest BCUT2D eigenvalue weighted by Crippen LogP contribution is 2.25. The summed E-state index contributed by atoms with van der Waals surface area (Å²) in [5, 5.41) is 3.80. The van der Waals surface area contributed by atoms with Crippen LogP contribution < -0.4 is 10.3 Å². The highest BCUT2D eigenvalue weighted by molar-refractivity contribution is 9.10. The molecule has 4 nitrogen and oxygen atoms in total. The van der Waals surface area contributed by atoms with Crippen LogP contribution in [0.4, 0.5) is 5.69 Å². The van der Waals surface area contributed by atoms with E-state index in [1.165, 1.54) is 6.92 Å². The quantitative estimate of drug-likeness (QED) is 0.681. The Bertz CT molecular complexity index is 416. The SMILES string of the molecule is CC(=O)NN=Cc1ccc(N(C)C)c(Br)c1. The van der Waals surface area contributed by atoms with Crippen LogP contribution in [0.5, 0.6) is 0 Å². The van der Waals surface area contributed by atoms with Gasteiger partial charge >= 0.3 is 0 Å². The molecule has 0 aliphatic rings. The Morgan fingerprint density at radius 2 is 2.19 bits per heavy atom. The molecule has 0 bridgehead atoms. The zero-order valence-electron chi connectivity index (χ0n) is 9.49. The molecule has 0 fully saturated rings. The molecule has 5 heteroatoms. The van der Waals surface area contributed by atoms with Crippen LogP contribution in [0, 0.1) is 0 Å². The van der Waals surface area contributed by atoms with E-state index in [2.05, 4.69) is 26.5 Å². The Labute approximate surface area is 103 Å². The fraction of sp³-hybridized carbons (Fsp3) is 0.273. The molecule has 0 saturated carbocycles. The number of hydrogen-bond donors (Lipinski definition) is 1. The van der Waals surface area contributed by atoms with E-state index in [4.69, 9.17) is 0 Å². The first-order valence-electron chi connectivity index (χ1n) is 4.77.